The highest BCUT2D eigenvalue weighted by Gasteiger charge is 2.57. The molecule has 2 bridgehead atoms. The van der Waals surface area contributed by atoms with Gasteiger partial charge in [-0.2, -0.15) is 0 Å². The van der Waals surface area contributed by atoms with Gasteiger partial charge in [0.2, 0.25) is 5.91 Å². The van der Waals surface area contributed by atoms with Crippen molar-refractivity contribution in [2.75, 3.05) is 18.4 Å². The largest absolute Gasteiger partial charge is 0.339 e. The van der Waals surface area contributed by atoms with Crippen molar-refractivity contribution in [1.29, 1.82) is 0 Å². The van der Waals surface area contributed by atoms with E-state index in [1.165, 1.54) is 18.3 Å². The molecule has 37 heavy (non-hydrogen) atoms. The van der Waals surface area contributed by atoms with Crippen LogP contribution in [0.2, 0.25) is 0 Å². The number of benzene rings is 2. The number of hydrogen-bond donors (Lipinski definition) is 6. The van der Waals surface area contributed by atoms with E-state index in [9.17, 15) is 14.4 Å². The molecule has 3 amide bonds. The van der Waals surface area contributed by atoms with Gasteiger partial charge in [0.25, 0.3) is 11.8 Å². The minimum Gasteiger partial charge on any atom is -0.339 e. The van der Waals surface area contributed by atoms with Gasteiger partial charge in [0, 0.05) is 23.8 Å². The number of hydroxylamine groups is 1. The van der Waals surface area contributed by atoms with Gasteiger partial charge in [-0.15, -0.1) is 0 Å². The third-order valence-corrected chi connectivity index (χ3v) is 8.45. The van der Waals surface area contributed by atoms with Crippen molar-refractivity contribution in [3.05, 3.63) is 54.1 Å². The zero-order valence-corrected chi connectivity index (χ0v) is 21.6. The topological polar surface area (TPSA) is 146 Å². The molecular weight excluding hydrogens is 470 g/mol. The summed E-state index contributed by atoms with van der Waals surface area (Å²) in [6.45, 7) is 7.20. The molecular formula is C28H37N5O4. The van der Waals surface area contributed by atoms with Gasteiger partial charge in [-0.05, 0) is 71.4 Å². The van der Waals surface area contributed by atoms with Crippen molar-refractivity contribution in [2.45, 2.75) is 45.7 Å². The summed E-state index contributed by atoms with van der Waals surface area (Å²) in [4.78, 5) is 36.5. The molecule has 0 radical (unpaired) electrons. The first-order valence-corrected chi connectivity index (χ1v) is 12.8. The van der Waals surface area contributed by atoms with Crippen molar-refractivity contribution in [1.82, 2.24) is 16.1 Å². The van der Waals surface area contributed by atoms with Crippen molar-refractivity contribution < 1.29 is 19.6 Å². The number of anilines is 1. The molecule has 4 rings (SSSR count). The van der Waals surface area contributed by atoms with Gasteiger partial charge in [0.1, 0.15) is 6.04 Å². The summed E-state index contributed by atoms with van der Waals surface area (Å²) >= 11 is 0. The molecule has 2 aliphatic carbocycles. The number of rotatable bonds is 9. The second-order valence-corrected chi connectivity index (χ2v) is 10.8. The highest BCUT2D eigenvalue weighted by atomic mass is 16.5. The Kier molecular flexibility index (Phi) is 7.96. The maximum absolute atomic E-state index is 12.6. The Labute approximate surface area is 217 Å². The maximum atomic E-state index is 12.6. The van der Waals surface area contributed by atoms with Gasteiger partial charge in [-0.25, -0.2) is 5.48 Å². The molecule has 0 aromatic heterocycles. The Morgan fingerprint density at radius 1 is 1.00 bits per heavy atom. The lowest BCUT2D eigenvalue weighted by atomic mass is 9.80. The van der Waals surface area contributed by atoms with Crippen LogP contribution in [0.1, 0.15) is 44.0 Å². The standard InChI is InChI=1S/C28H37N5O4/c1-16-21-12-13-22(28(21,2)3)25(16)30-15-24(34)31-20-10-8-18(9-11-20)17-4-6-19(7-5-17)26(35)32-23(14-29)27(36)33-37/h4-11,16,21-23,25,30,37H,12-15,29H2,1-3H3,(H,31,34)(H,32,35)(H,33,36)/t16-,21-,22+,23-,25+/m0/s1. The second kappa shape index (κ2) is 11.0. The second-order valence-electron chi connectivity index (χ2n) is 10.8. The first kappa shape index (κ1) is 26.8. The van der Waals surface area contributed by atoms with Crippen LogP contribution in [-0.4, -0.2) is 48.1 Å². The Bertz CT molecular complexity index is 1130. The summed E-state index contributed by atoms with van der Waals surface area (Å²) in [5.41, 5.74) is 10.2. The predicted octanol–water partition coefficient (Wildman–Crippen LogP) is 2.51. The SMILES string of the molecule is C[C@@H]1[C@@H](NCC(=O)Nc2ccc(-c3ccc(C(=O)N[C@@H](CN)C(=O)NO)cc3)cc2)[C@H]2CC[C@@H]1C2(C)C. The fraction of sp³-hybridized carbons (Fsp3) is 0.464. The van der Waals surface area contributed by atoms with Gasteiger partial charge >= 0.3 is 0 Å². The van der Waals surface area contributed by atoms with Crippen LogP contribution >= 0.6 is 0 Å². The van der Waals surface area contributed by atoms with Crippen molar-refractivity contribution in [3.8, 4) is 11.1 Å². The van der Waals surface area contributed by atoms with Crippen LogP contribution in [-0.2, 0) is 9.59 Å². The Balaban J connectivity index is 1.30. The van der Waals surface area contributed by atoms with Gasteiger partial charge in [-0.3, -0.25) is 19.6 Å². The molecule has 2 saturated carbocycles. The average molecular weight is 508 g/mol. The summed E-state index contributed by atoms with van der Waals surface area (Å²) < 4.78 is 0. The van der Waals surface area contributed by atoms with E-state index in [4.69, 9.17) is 10.9 Å². The molecule has 9 heteroatoms. The van der Waals surface area contributed by atoms with E-state index in [0.717, 1.165) is 22.7 Å². The van der Waals surface area contributed by atoms with Crippen molar-refractivity contribution >= 4 is 23.4 Å². The van der Waals surface area contributed by atoms with E-state index >= 15 is 0 Å². The Morgan fingerprint density at radius 2 is 1.59 bits per heavy atom. The first-order valence-electron chi connectivity index (χ1n) is 12.8. The van der Waals surface area contributed by atoms with Gasteiger partial charge < -0.3 is 21.7 Å². The van der Waals surface area contributed by atoms with E-state index < -0.39 is 17.9 Å². The number of nitrogens with one attached hydrogen (secondary N) is 4. The molecule has 9 nitrogen and oxygen atoms in total. The number of carbonyl (C=O) groups excluding carboxylic acids is 3. The monoisotopic (exact) mass is 507 g/mol. The minimum absolute atomic E-state index is 0.0541. The number of fused-ring (bicyclic) bond motifs is 2. The fourth-order valence-corrected chi connectivity index (χ4v) is 6.43. The molecule has 0 aliphatic heterocycles. The molecule has 2 aromatic carbocycles. The molecule has 5 atom stereocenters. The molecule has 2 aromatic rings. The number of carbonyl (C=O) groups is 3. The summed E-state index contributed by atoms with van der Waals surface area (Å²) in [5, 5.41) is 17.7. The lowest BCUT2D eigenvalue weighted by Crippen LogP contribution is -2.50. The zero-order chi connectivity index (χ0) is 26.7. The van der Waals surface area contributed by atoms with Gasteiger partial charge in [-0.1, -0.05) is 45.0 Å². The van der Waals surface area contributed by atoms with Crippen LogP contribution < -0.4 is 27.2 Å². The van der Waals surface area contributed by atoms with E-state index in [1.54, 1.807) is 24.3 Å². The van der Waals surface area contributed by atoms with Gasteiger partial charge in [0.15, 0.2) is 0 Å². The quantitative estimate of drug-likeness (QED) is 0.227. The smallest absolute Gasteiger partial charge is 0.267 e. The number of nitrogens with two attached hydrogens (primary N) is 1. The Morgan fingerprint density at radius 3 is 2.14 bits per heavy atom. The molecule has 0 unspecified atom stereocenters. The van der Waals surface area contributed by atoms with Crippen LogP contribution in [0.15, 0.2) is 48.5 Å². The maximum Gasteiger partial charge on any atom is 0.267 e. The first-order chi connectivity index (χ1) is 17.6. The summed E-state index contributed by atoms with van der Waals surface area (Å²) in [5.74, 6) is 0.631. The fourth-order valence-electron chi connectivity index (χ4n) is 6.43. The molecule has 7 N–H and O–H groups in total. The van der Waals surface area contributed by atoms with E-state index in [2.05, 4.69) is 36.7 Å². The summed E-state index contributed by atoms with van der Waals surface area (Å²) in [6.07, 6.45) is 2.53. The van der Waals surface area contributed by atoms with E-state index in [-0.39, 0.29) is 12.5 Å². The molecule has 198 valence electrons. The minimum atomic E-state index is -1.03. The highest BCUT2D eigenvalue weighted by Crippen LogP contribution is 2.60. The predicted molar refractivity (Wildman–Crippen MR) is 142 cm³/mol. The summed E-state index contributed by atoms with van der Waals surface area (Å²) in [7, 11) is 0. The number of amides is 3. The van der Waals surface area contributed by atoms with Crippen molar-refractivity contribution in [3.63, 3.8) is 0 Å². The molecule has 2 fully saturated rings. The third-order valence-electron chi connectivity index (χ3n) is 8.45. The highest BCUT2D eigenvalue weighted by molar-refractivity contribution is 5.98. The number of hydrogen-bond acceptors (Lipinski definition) is 6. The molecule has 0 spiro atoms. The van der Waals surface area contributed by atoms with Gasteiger partial charge in [0.05, 0.1) is 6.54 Å². The lowest BCUT2D eigenvalue weighted by Gasteiger charge is -2.29. The normalized spacial score (nSPS) is 24.4. The Hall–Kier alpha value is -3.27. The van der Waals surface area contributed by atoms with Crippen molar-refractivity contribution in [2.24, 2.45) is 28.9 Å². The van der Waals surface area contributed by atoms with Crippen LogP contribution in [0.3, 0.4) is 0 Å². The zero-order valence-electron chi connectivity index (χ0n) is 21.6. The van der Waals surface area contributed by atoms with E-state index in [0.29, 0.717) is 35.4 Å². The molecule has 2 aliphatic rings. The molecule has 0 saturated heterocycles. The van der Waals surface area contributed by atoms with Crippen LogP contribution in [0.25, 0.3) is 11.1 Å². The molecule has 0 heterocycles. The third kappa shape index (κ3) is 5.53. The van der Waals surface area contributed by atoms with Crippen LogP contribution in [0.4, 0.5) is 5.69 Å². The average Bonchev–Trinajstić information content (AvgIpc) is 3.30. The lowest BCUT2D eigenvalue weighted by molar-refractivity contribution is -0.130. The van der Waals surface area contributed by atoms with E-state index in [1.807, 2.05) is 24.3 Å². The van der Waals surface area contributed by atoms with Crippen LogP contribution in [0.5, 0.6) is 0 Å². The van der Waals surface area contributed by atoms with Crippen LogP contribution in [0, 0.1) is 23.2 Å². The summed E-state index contributed by atoms with van der Waals surface area (Å²) in [6, 6.07) is 13.8.